The average Bonchev–Trinajstić information content (AvgIpc) is 2.16. The number of rotatable bonds is 3. The fourth-order valence-corrected chi connectivity index (χ4v) is 1.13. The molecule has 0 amide bonds. The van der Waals surface area contributed by atoms with E-state index in [1.807, 2.05) is 0 Å². The van der Waals surface area contributed by atoms with Gasteiger partial charge in [-0.05, 0) is 12.1 Å². The SMILES string of the molecule is COc1cccc(OC)c1B(O)O.[Cl-].[Cl-].[Cl-].[Cl-].[Mg+2].[Mg+2]. The summed E-state index contributed by atoms with van der Waals surface area (Å²) in [5, 5.41) is 18.1. The van der Waals surface area contributed by atoms with Crippen LogP contribution >= 0.6 is 0 Å². The predicted octanol–water partition coefficient (Wildman–Crippen LogP) is -13.4. The zero-order valence-electron chi connectivity index (χ0n) is 10.4. The topological polar surface area (TPSA) is 58.9 Å². The fourth-order valence-electron chi connectivity index (χ4n) is 1.13. The van der Waals surface area contributed by atoms with Gasteiger partial charge in [-0.3, -0.25) is 0 Å². The van der Waals surface area contributed by atoms with E-state index >= 15 is 0 Å². The number of hydrogen-bond acceptors (Lipinski definition) is 4. The smallest absolute Gasteiger partial charge is 1.00 e. The summed E-state index contributed by atoms with van der Waals surface area (Å²) in [6, 6.07) is 4.98. The largest absolute Gasteiger partial charge is 2.00 e. The molecule has 0 radical (unpaired) electrons. The summed E-state index contributed by atoms with van der Waals surface area (Å²) in [4.78, 5) is 0. The van der Waals surface area contributed by atoms with Gasteiger partial charge in [0.1, 0.15) is 11.5 Å². The number of benzene rings is 1. The molecule has 11 heteroatoms. The van der Waals surface area contributed by atoms with E-state index < -0.39 is 7.12 Å². The van der Waals surface area contributed by atoms with Gasteiger partial charge in [-0.1, -0.05) is 6.07 Å². The third kappa shape index (κ3) is 10.8. The van der Waals surface area contributed by atoms with E-state index in [2.05, 4.69) is 0 Å². The maximum absolute atomic E-state index is 9.04. The van der Waals surface area contributed by atoms with Crippen molar-refractivity contribution in [3.05, 3.63) is 18.2 Å². The van der Waals surface area contributed by atoms with E-state index in [9.17, 15) is 0 Å². The molecule has 0 aliphatic carbocycles. The van der Waals surface area contributed by atoms with Crippen LogP contribution in [0.1, 0.15) is 0 Å². The summed E-state index contributed by atoms with van der Waals surface area (Å²) in [5.74, 6) is 0.795. The van der Waals surface area contributed by atoms with Crippen LogP contribution < -0.4 is 64.6 Å². The Balaban J connectivity index is -0.0000000704. The summed E-state index contributed by atoms with van der Waals surface area (Å²) >= 11 is 0. The van der Waals surface area contributed by atoms with Crippen LogP contribution in [0.2, 0.25) is 0 Å². The summed E-state index contributed by atoms with van der Waals surface area (Å²) < 4.78 is 9.90. The van der Waals surface area contributed by atoms with Gasteiger partial charge in [0.05, 0.1) is 19.7 Å². The molecule has 0 saturated carbocycles. The Morgan fingerprint density at radius 1 is 0.842 bits per heavy atom. The summed E-state index contributed by atoms with van der Waals surface area (Å²) in [6.07, 6.45) is 0. The molecule has 0 heterocycles. The maximum atomic E-state index is 9.04. The predicted molar refractivity (Wildman–Crippen MR) is 60.9 cm³/mol. The van der Waals surface area contributed by atoms with Gasteiger partial charge in [0.15, 0.2) is 0 Å². The molecule has 19 heavy (non-hydrogen) atoms. The Hall–Kier alpha value is 1.50. The van der Waals surface area contributed by atoms with Crippen molar-refractivity contribution in [2.24, 2.45) is 0 Å². The first-order valence-electron chi connectivity index (χ1n) is 3.77. The van der Waals surface area contributed by atoms with E-state index in [-0.39, 0.29) is 101 Å². The summed E-state index contributed by atoms with van der Waals surface area (Å²) in [6.45, 7) is 0. The van der Waals surface area contributed by atoms with Crippen molar-refractivity contribution in [1.82, 2.24) is 0 Å². The number of ether oxygens (including phenoxy) is 2. The molecule has 0 saturated heterocycles. The Morgan fingerprint density at radius 3 is 1.37 bits per heavy atom. The molecule has 0 spiro atoms. The number of halogens is 4. The van der Waals surface area contributed by atoms with E-state index in [1.54, 1.807) is 18.2 Å². The second-order valence-corrected chi connectivity index (χ2v) is 2.45. The Labute approximate surface area is 170 Å². The van der Waals surface area contributed by atoms with Crippen LogP contribution in [-0.2, 0) is 0 Å². The van der Waals surface area contributed by atoms with Gasteiger partial charge in [0.25, 0.3) is 0 Å². The molecule has 0 aliphatic heterocycles. The molecule has 0 aromatic heterocycles. The molecular weight excluding hydrogens is 361 g/mol. The van der Waals surface area contributed by atoms with Crippen molar-refractivity contribution in [2.45, 2.75) is 0 Å². The molecule has 2 N–H and O–H groups in total. The van der Waals surface area contributed by atoms with E-state index in [1.165, 1.54) is 14.2 Å². The Morgan fingerprint density at radius 2 is 1.16 bits per heavy atom. The van der Waals surface area contributed by atoms with Gasteiger partial charge < -0.3 is 69.1 Å². The molecule has 0 fully saturated rings. The Bertz CT molecular complexity index is 288. The van der Waals surface area contributed by atoms with Gasteiger partial charge in [-0.15, -0.1) is 0 Å². The van der Waals surface area contributed by atoms with Crippen LogP contribution in [0.4, 0.5) is 0 Å². The second kappa shape index (κ2) is 19.5. The first-order chi connectivity index (χ1) is 6.20. The molecule has 1 aromatic rings. The van der Waals surface area contributed by atoms with Crippen LogP contribution in [0.25, 0.3) is 0 Å². The monoisotopic (exact) mass is 370 g/mol. The summed E-state index contributed by atoms with van der Waals surface area (Å²) in [5.41, 5.74) is 0.243. The van der Waals surface area contributed by atoms with Crippen molar-refractivity contribution < 1.29 is 69.1 Å². The molecule has 0 bridgehead atoms. The molecular formula is C8H11BCl4Mg2O4. The third-order valence-corrected chi connectivity index (χ3v) is 1.72. The molecule has 0 aliphatic rings. The van der Waals surface area contributed by atoms with Gasteiger partial charge in [0, 0.05) is 0 Å². The standard InChI is InChI=1S/C8H11BO4.4ClH.2Mg/c1-12-6-4-3-5-7(13-2)8(6)9(10)11;;;;;;/h3-5,10-11H,1-2H3;4*1H;;/q;;;;;2*+2/p-4. The zero-order valence-corrected chi connectivity index (χ0v) is 16.3. The van der Waals surface area contributed by atoms with Crippen molar-refractivity contribution in [2.75, 3.05) is 14.2 Å². The van der Waals surface area contributed by atoms with Crippen LogP contribution in [-0.4, -0.2) is 77.5 Å². The average molecular weight is 372 g/mol. The van der Waals surface area contributed by atoms with E-state index in [4.69, 9.17) is 19.5 Å². The maximum Gasteiger partial charge on any atom is 2.00 e. The van der Waals surface area contributed by atoms with Crippen LogP contribution in [0.3, 0.4) is 0 Å². The van der Waals surface area contributed by atoms with Crippen LogP contribution in [0.15, 0.2) is 18.2 Å². The van der Waals surface area contributed by atoms with E-state index in [0.29, 0.717) is 11.5 Å². The molecule has 1 rings (SSSR count). The molecule has 4 nitrogen and oxygen atoms in total. The van der Waals surface area contributed by atoms with Gasteiger partial charge >= 0.3 is 53.2 Å². The quantitative estimate of drug-likeness (QED) is 0.518. The van der Waals surface area contributed by atoms with Crippen LogP contribution in [0, 0.1) is 0 Å². The van der Waals surface area contributed by atoms with Crippen molar-refractivity contribution in [3.8, 4) is 11.5 Å². The Kier molecular flexibility index (Phi) is 38.0. The minimum Gasteiger partial charge on any atom is -1.00 e. The molecule has 0 unspecified atom stereocenters. The van der Waals surface area contributed by atoms with E-state index in [0.717, 1.165) is 0 Å². The first-order valence-corrected chi connectivity index (χ1v) is 3.77. The summed E-state index contributed by atoms with van der Waals surface area (Å²) in [7, 11) is 1.33. The molecule has 102 valence electrons. The number of hydrogen-bond donors (Lipinski definition) is 2. The van der Waals surface area contributed by atoms with Gasteiger partial charge in [-0.2, -0.15) is 0 Å². The van der Waals surface area contributed by atoms with Crippen molar-refractivity contribution in [3.63, 3.8) is 0 Å². The van der Waals surface area contributed by atoms with Crippen molar-refractivity contribution >= 4 is 58.7 Å². The molecule has 0 atom stereocenters. The van der Waals surface area contributed by atoms with Gasteiger partial charge in [0.2, 0.25) is 0 Å². The minimum absolute atomic E-state index is 0. The normalized spacial score (nSPS) is 6.53. The fraction of sp³-hybridized carbons (Fsp3) is 0.250. The van der Waals surface area contributed by atoms with Crippen LogP contribution in [0.5, 0.6) is 11.5 Å². The first kappa shape index (κ1) is 37.1. The minimum atomic E-state index is -1.59. The third-order valence-electron chi connectivity index (χ3n) is 1.72. The molecule has 1 aromatic carbocycles. The zero-order chi connectivity index (χ0) is 9.84. The van der Waals surface area contributed by atoms with Crippen molar-refractivity contribution in [1.29, 1.82) is 0 Å². The number of methoxy groups -OCH3 is 2. The second-order valence-electron chi connectivity index (χ2n) is 2.45. The van der Waals surface area contributed by atoms with Gasteiger partial charge in [-0.25, -0.2) is 0 Å².